The number of carboxylic acid groups (broad SMARTS) is 1. The number of aliphatic carboxylic acids is 1. The number of ether oxygens (including phenoxy) is 1. The molecule has 0 saturated carbocycles. The number of carbonyl (C=O) groups is 1. The predicted octanol–water partition coefficient (Wildman–Crippen LogP) is 3.04. The Morgan fingerprint density at radius 1 is 1.36 bits per heavy atom. The fraction of sp³-hybridized carbons (Fsp3) is 0.588. The molecule has 4 nitrogen and oxygen atoms in total. The molecule has 2 unspecified atom stereocenters. The Morgan fingerprint density at radius 3 is 2.77 bits per heavy atom. The summed E-state index contributed by atoms with van der Waals surface area (Å²) in [7, 11) is 1.68. The van der Waals surface area contributed by atoms with E-state index in [1.54, 1.807) is 7.11 Å². The van der Waals surface area contributed by atoms with Crippen molar-refractivity contribution >= 4 is 17.7 Å². The molecule has 1 aromatic carbocycles. The van der Waals surface area contributed by atoms with Crippen LogP contribution in [-0.4, -0.2) is 36.2 Å². The fourth-order valence-corrected chi connectivity index (χ4v) is 4.58. The van der Waals surface area contributed by atoms with Gasteiger partial charge in [0.25, 0.3) is 0 Å². The van der Waals surface area contributed by atoms with E-state index < -0.39 is 5.97 Å². The molecule has 2 N–H and O–H groups in total. The molecular formula is C17H23NO3S. The van der Waals surface area contributed by atoms with Crippen molar-refractivity contribution in [2.45, 2.75) is 31.2 Å². The van der Waals surface area contributed by atoms with E-state index in [1.807, 2.05) is 17.8 Å². The lowest BCUT2D eigenvalue weighted by Crippen LogP contribution is -2.17. The molecule has 2 saturated heterocycles. The van der Waals surface area contributed by atoms with Crippen molar-refractivity contribution in [3.8, 4) is 5.75 Å². The number of nitrogens with one attached hydrogen (secondary N) is 1. The van der Waals surface area contributed by atoms with Crippen molar-refractivity contribution < 1.29 is 14.6 Å². The minimum atomic E-state index is -0.713. The zero-order valence-corrected chi connectivity index (χ0v) is 13.7. The van der Waals surface area contributed by atoms with Crippen LogP contribution in [0.15, 0.2) is 18.2 Å². The van der Waals surface area contributed by atoms with Gasteiger partial charge in [-0.1, -0.05) is 12.1 Å². The molecule has 120 valence electrons. The Kier molecular flexibility index (Phi) is 4.93. The Labute approximate surface area is 135 Å². The monoisotopic (exact) mass is 321 g/mol. The number of thioether (sulfide) groups is 1. The number of rotatable bonds is 4. The molecule has 0 bridgehead atoms. The first-order chi connectivity index (χ1) is 10.7. The Hall–Kier alpha value is -1.20. The van der Waals surface area contributed by atoms with E-state index in [9.17, 15) is 9.90 Å². The molecule has 2 heterocycles. The third-order valence-electron chi connectivity index (χ3n) is 4.80. The van der Waals surface area contributed by atoms with Crippen LogP contribution in [0.4, 0.5) is 0 Å². The number of methoxy groups -OCH3 is 1. The molecule has 22 heavy (non-hydrogen) atoms. The molecule has 2 atom stereocenters. The van der Waals surface area contributed by atoms with Gasteiger partial charge in [-0.2, -0.15) is 11.8 Å². The van der Waals surface area contributed by atoms with Gasteiger partial charge in [0.05, 0.1) is 13.0 Å². The number of benzene rings is 1. The van der Waals surface area contributed by atoms with E-state index in [-0.39, 0.29) is 12.0 Å². The first kappa shape index (κ1) is 15.7. The number of hydrogen-bond donors (Lipinski definition) is 2. The summed E-state index contributed by atoms with van der Waals surface area (Å²) in [6.45, 7) is 0.535. The average Bonchev–Trinajstić information content (AvgIpc) is 3.05. The molecule has 5 heteroatoms. The van der Waals surface area contributed by atoms with E-state index in [0.29, 0.717) is 18.9 Å². The van der Waals surface area contributed by atoms with Crippen molar-refractivity contribution in [1.29, 1.82) is 0 Å². The highest BCUT2D eigenvalue weighted by Crippen LogP contribution is 2.38. The van der Waals surface area contributed by atoms with Crippen LogP contribution < -0.4 is 10.1 Å². The maximum Gasteiger partial charge on any atom is 0.307 e. The molecule has 0 amide bonds. The van der Waals surface area contributed by atoms with Crippen LogP contribution in [0.2, 0.25) is 0 Å². The second kappa shape index (κ2) is 6.92. The number of carboxylic acids is 1. The highest BCUT2D eigenvalue weighted by molar-refractivity contribution is 7.99. The van der Waals surface area contributed by atoms with Gasteiger partial charge in [0.1, 0.15) is 5.75 Å². The number of hydrogen-bond acceptors (Lipinski definition) is 4. The smallest absolute Gasteiger partial charge is 0.307 e. The topological polar surface area (TPSA) is 58.6 Å². The standard InChI is InChI=1S/C17H23NO3S/c1-21-16-3-2-12(11-4-6-22-7-5-11)8-14(16)15-9-13(10-18-15)17(19)20/h2-3,8,11,13,15,18H,4-7,9-10H2,1H3,(H,19,20). The molecule has 1 aromatic rings. The lowest BCUT2D eigenvalue weighted by molar-refractivity contribution is -0.141. The molecular weight excluding hydrogens is 298 g/mol. The summed E-state index contributed by atoms with van der Waals surface area (Å²) >= 11 is 2.03. The van der Waals surface area contributed by atoms with Crippen LogP contribution in [0, 0.1) is 5.92 Å². The van der Waals surface area contributed by atoms with E-state index in [4.69, 9.17) is 4.74 Å². The molecule has 2 aliphatic heterocycles. The van der Waals surface area contributed by atoms with Gasteiger partial charge in [-0.3, -0.25) is 4.79 Å². The first-order valence-electron chi connectivity index (χ1n) is 7.90. The molecule has 0 radical (unpaired) electrons. The van der Waals surface area contributed by atoms with Gasteiger partial charge in [0, 0.05) is 18.2 Å². The minimum absolute atomic E-state index is 0.0777. The normalized spacial score (nSPS) is 26.0. The van der Waals surface area contributed by atoms with Crippen molar-refractivity contribution in [3.05, 3.63) is 29.3 Å². The lowest BCUT2D eigenvalue weighted by Gasteiger charge is -2.24. The summed E-state index contributed by atoms with van der Waals surface area (Å²) in [5.74, 6) is 2.93. The minimum Gasteiger partial charge on any atom is -0.496 e. The van der Waals surface area contributed by atoms with Crippen LogP contribution in [-0.2, 0) is 4.79 Å². The zero-order valence-electron chi connectivity index (χ0n) is 12.9. The highest BCUT2D eigenvalue weighted by Gasteiger charge is 2.32. The van der Waals surface area contributed by atoms with E-state index in [2.05, 4.69) is 17.4 Å². The molecule has 0 spiro atoms. The second-order valence-electron chi connectivity index (χ2n) is 6.12. The third-order valence-corrected chi connectivity index (χ3v) is 5.85. The van der Waals surface area contributed by atoms with Gasteiger partial charge < -0.3 is 15.2 Å². The van der Waals surface area contributed by atoms with Gasteiger partial charge in [-0.05, 0) is 48.3 Å². The van der Waals surface area contributed by atoms with Crippen LogP contribution in [0.5, 0.6) is 5.75 Å². The van der Waals surface area contributed by atoms with Crippen molar-refractivity contribution in [3.63, 3.8) is 0 Å². The summed E-state index contributed by atoms with van der Waals surface area (Å²) in [5, 5.41) is 12.5. The van der Waals surface area contributed by atoms with E-state index >= 15 is 0 Å². The van der Waals surface area contributed by atoms with E-state index in [0.717, 1.165) is 11.3 Å². The summed E-state index contributed by atoms with van der Waals surface area (Å²) in [5.41, 5.74) is 2.48. The summed E-state index contributed by atoms with van der Waals surface area (Å²) in [6.07, 6.45) is 3.09. The van der Waals surface area contributed by atoms with Crippen LogP contribution >= 0.6 is 11.8 Å². The molecule has 3 rings (SSSR count). The Bertz CT molecular complexity index is 543. The molecule has 0 aliphatic carbocycles. The summed E-state index contributed by atoms with van der Waals surface area (Å²) < 4.78 is 5.50. The first-order valence-corrected chi connectivity index (χ1v) is 9.06. The fourth-order valence-electron chi connectivity index (χ4n) is 3.47. The van der Waals surface area contributed by atoms with Gasteiger partial charge >= 0.3 is 5.97 Å². The SMILES string of the molecule is COc1ccc(C2CCSCC2)cc1C1CC(C(=O)O)CN1. The largest absolute Gasteiger partial charge is 0.496 e. The average molecular weight is 321 g/mol. The van der Waals surface area contributed by atoms with Gasteiger partial charge in [0.15, 0.2) is 0 Å². The van der Waals surface area contributed by atoms with Crippen LogP contribution in [0.25, 0.3) is 0 Å². The summed E-state index contributed by atoms with van der Waals surface area (Å²) in [4.78, 5) is 11.2. The Balaban J connectivity index is 1.83. The molecule has 0 aromatic heterocycles. The zero-order chi connectivity index (χ0) is 15.5. The quantitative estimate of drug-likeness (QED) is 0.892. The van der Waals surface area contributed by atoms with E-state index in [1.165, 1.54) is 29.9 Å². The van der Waals surface area contributed by atoms with Crippen LogP contribution in [0.1, 0.15) is 42.3 Å². The maximum atomic E-state index is 11.2. The predicted molar refractivity (Wildman–Crippen MR) is 88.8 cm³/mol. The molecule has 2 fully saturated rings. The lowest BCUT2D eigenvalue weighted by atomic mass is 9.89. The highest BCUT2D eigenvalue weighted by atomic mass is 32.2. The van der Waals surface area contributed by atoms with Gasteiger partial charge in [-0.25, -0.2) is 0 Å². The molecule has 2 aliphatic rings. The third kappa shape index (κ3) is 3.25. The van der Waals surface area contributed by atoms with Gasteiger partial charge in [0.2, 0.25) is 0 Å². The van der Waals surface area contributed by atoms with Crippen molar-refractivity contribution in [2.75, 3.05) is 25.2 Å². The Morgan fingerprint density at radius 2 is 2.14 bits per heavy atom. The van der Waals surface area contributed by atoms with Crippen molar-refractivity contribution in [1.82, 2.24) is 5.32 Å². The van der Waals surface area contributed by atoms with Crippen molar-refractivity contribution in [2.24, 2.45) is 5.92 Å². The maximum absolute atomic E-state index is 11.2. The second-order valence-corrected chi connectivity index (χ2v) is 7.34. The van der Waals surface area contributed by atoms with Crippen LogP contribution in [0.3, 0.4) is 0 Å². The van der Waals surface area contributed by atoms with Gasteiger partial charge in [-0.15, -0.1) is 0 Å². The summed E-state index contributed by atoms with van der Waals surface area (Å²) in [6, 6.07) is 6.53.